The fourth-order valence-electron chi connectivity index (χ4n) is 2.70. The molecule has 0 atom stereocenters. The van der Waals surface area contributed by atoms with Gasteiger partial charge in [-0.3, -0.25) is 0 Å². The van der Waals surface area contributed by atoms with Crippen molar-refractivity contribution in [1.29, 1.82) is 0 Å². The number of hydrogen-bond donors (Lipinski definition) is 0. The second-order valence-electron chi connectivity index (χ2n) is 5.95. The molecular weight excluding hydrogens is 324 g/mol. The molecular formula is C23H22O3. The first-order valence-electron chi connectivity index (χ1n) is 8.88. The third-order valence-corrected chi connectivity index (χ3v) is 4.02. The van der Waals surface area contributed by atoms with E-state index in [-0.39, 0.29) is 0 Å². The molecule has 3 aromatic rings. The molecule has 0 bridgehead atoms. The number of esters is 1. The highest BCUT2D eigenvalue weighted by Crippen LogP contribution is 2.34. The van der Waals surface area contributed by atoms with Gasteiger partial charge in [0, 0.05) is 5.56 Å². The highest BCUT2D eigenvalue weighted by Gasteiger charge is 2.19. The standard InChI is InChI=1S/C23H22O3/c1-2-3-17-25-21-16-10-15-20(22(21)18-11-6-4-7-12-18)23(24)26-19-13-8-5-9-14-19/h4-16H,2-3,17H2,1H3. The van der Waals surface area contributed by atoms with E-state index >= 15 is 0 Å². The molecule has 3 aromatic carbocycles. The van der Waals surface area contributed by atoms with Crippen LogP contribution in [0.4, 0.5) is 0 Å². The van der Waals surface area contributed by atoms with E-state index in [2.05, 4.69) is 6.92 Å². The van der Waals surface area contributed by atoms with Crippen molar-refractivity contribution in [1.82, 2.24) is 0 Å². The summed E-state index contributed by atoms with van der Waals surface area (Å²) in [5, 5.41) is 0. The molecule has 0 aliphatic carbocycles. The van der Waals surface area contributed by atoms with Crippen molar-refractivity contribution in [2.75, 3.05) is 6.61 Å². The number of carbonyl (C=O) groups excluding carboxylic acids is 1. The van der Waals surface area contributed by atoms with E-state index in [1.165, 1.54) is 0 Å². The molecule has 0 amide bonds. The highest BCUT2D eigenvalue weighted by atomic mass is 16.5. The number of carbonyl (C=O) groups is 1. The van der Waals surface area contributed by atoms with Crippen LogP contribution < -0.4 is 9.47 Å². The largest absolute Gasteiger partial charge is 0.493 e. The molecule has 0 heterocycles. The van der Waals surface area contributed by atoms with Gasteiger partial charge in [0.1, 0.15) is 11.5 Å². The molecule has 3 rings (SSSR count). The van der Waals surface area contributed by atoms with Crippen LogP contribution in [0.15, 0.2) is 78.9 Å². The average molecular weight is 346 g/mol. The van der Waals surface area contributed by atoms with Crippen molar-refractivity contribution in [3.8, 4) is 22.6 Å². The van der Waals surface area contributed by atoms with Gasteiger partial charge in [0.2, 0.25) is 0 Å². The highest BCUT2D eigenvalue weighted by molar-refractivity contribution is 6.00. The Labute approximate surface area is 154 Å². The van der Waals surface area contributed by atoms with Crippen molar-refractivity contribution in [3.05, 3.63) is 84.4 Å². The van der Waals surface area contributed by atoms with E-state index in [0.29, 0.717) is 23.7 Å². The summed E-state index contributed by atoms with van der Waals surface area (Å²) >= 11 is 0. The van der Waals surface area contributed by atoms with Crippen molar-refractivity contribution in [3.63, 3.8) is 0 Å². The minimum atomic E-state index is -0.393. The predicted molar refractivity (Wildman–Crippen MR) is 104 cm³/mol. The second kappa shape index (κ2) is 8.86. The van der Waals surface area contributed by atoms with Gasteiger partial charge in [0.15, 0.2) is 0 Å². The van der Waals surface area contributed by atoms with E-state index in [9.17, 15) is 4.79 Å². The normalized spacial score (nSPS) is 10.3. The van der Waals surface area contributed by atoms with Gasteiger partial charge in [0.05, 0.1) is 12.2 Å². The summed E-state index contributed by atoms with van der Waals surface area (Å²) < 4.78 is 11.5. The van der Waals surface area contributed by atoms with Gasteiger partial charge in [-0.1, -0.05) is 67.9 Å². The van der Waals surface area contributed by atoms with Crippen molar-refractivity contribution in [2.24, 2.45) is 0 Å². The lowest BCUT2D eigenvalue weighted by atomic mass is 9.98. The Hall–Kier alpha value is -3.07. The Morgan fingerprint density at radius 3 is 2.23 bits per heavy atom. The average Bonchev–Trinajstić information content (AvgIpc) is 2.69. The Morgan fingerprint density at radius 2 is 1.54 bits per heavy atom. The zero-order chi connectivity index (χ0) is 18.2. The van der Waals surface area contributed by atoms with Crippen LogP contribution in [-0.4, -0.2) is 12.6 Å². The van der Waals surface area contributed by atoms with Crippen molar-refractivity contribution < 1.29 is 14.3 Å². The lowest BCUT2D eigenvalue weighted by Gasteiger charge is -2.15. The van der Waals surface area contributed by atoms with Crippen LogP contribution in [0.1, 0.15) is 30.1 Å². The molecule has 132 valence electrons. The Bertz CT molecular complexity index is 842. The third kappa shape index (κ3) is 4.31. The fourth-order valence-corrected chi connectivity index (χ4v) is 2.70. The molecule has 0 aromatic heterocycles. The minimum Gasteiger partial charge on any atom is -0.493 e. The number of benzene rings is 3. The number of hydrogen-bond acceptors (Lipinski definition) is 3. The van der Waals surface area contributed by atoms with Gasteiger partial charge < -0.3 is 9.47 Å². The number of rotatable bonds is 7. The van der Waals surface area contributed by atoms with E-state index < -0.39 is 5.97 Å². The van der Waals surface area contributed by atoms with Crippen LogP contribution in [0.5, 0.6) is 11.5 Å². The summed E-state index contributed by atoms with van der Waals surface area (Å²) in [6.45, 7) is 2.74. The van der Waals surface area contributed by atoms with Gasteiger partial charge >= 0.3 is 5.97 Å². The molecule has 0 saturated carbocycles. The van der Waals surface area contributed by atoms with Gasteiger partial charge in [-0.15, -0.1) is 0 Å². The van der Waals surface area contributed by atoms with E-state index in [1.807, 2.05) is 60.7 Å². The molecule has 26 heavy (non-hydrogen) atoms. The molecule has 0 aliphatic heterocycles. The monoisotopic (exact) mass is 346 g/mol. The van der Waals surface area contributed by atoms with Crippen LogP contribution in [0.3, 0.4) is 0 Å². The summed E-state index contributed by atoms with van der Waals surface area (Å²) in [7, 11) is 0. The van der Waals surface area contributed by atoms with Crippen LogP contribution in [0, 0.1) is 0 Å². The molecule has 3 heteroatoms. The molecule has 0 saturated heterocycles. The summed E-state index contributed by atoms with van der Waals surface area (Å²) in [6, 6.07) is 24.4. The van der Waals surface area contributed by atoms with Gasteiger partial charge in [-0.05, 0) is 36.2 Å². The van der Waals surface area contributed by atoms with Crippen LogP contribution in [0.25, 0.3) is 11.1 Å². The second-order valence-corrected chi connectivity index (χ2v) is 5.95. The number of para-hydroxylation sites is 1. The van der Waals surface area contributed by atoms with Crippen LogP contribution in [-0.2, 0) is 0 Å². The number of ether oxygens (including phenoxy) is 2. The Kier molecular flexibility index (Phi) is 6.05. The molecule has 0 N–H and O–H groups in total. The van der Waals surface area contributed by atoms with Gasteiger partial charge in [0.25, 0.3) is 0 Å². The first-order valence-corrected chi connectivity index (χ1v) is 8.88. The molecule has 3 nitrogen and oxygen atoms in total. The summed E-state index contributed by atoms with van der Waals surface area (Å²) in [6.07, 6.45) is 2.02. The smallest absolute Gasteiger partial charge is 0.344 e. The maximum Gasteiger partial charge on any atom is 0.344 e. The minimum absolute atomic E-state index is 0.393. The SMILES string of the molecule is CCCCOc1cccc(C(=O)Oc2ccccc2)c1-c1ccccc1. The quantitative estimate of drug-likeness (QED) is 0.310. The summed E-state index contributed by atoms with van der Waals surface area (Å²) in [5.41, 5.74) is 2.19. The topological polar surface area (TPSA) is 35.5 Å². The Morgan fingerprint density at radius 1 is 0.846 bits per heavy atom. The fraction of sp³-hybridized carbons (Fsp3) is 0.174. The summed E-state index contributed by atoms with van der Waals surface area (Å²) in [5.74, 6) is 0.831. The van der Waals surface area contributed by atoms with Crippen molar-refractivity contribution in [2.45, 2.75) is 19.8 Å². The van der Waals surface area contributed by atoms with E-state index in [4.69, 9.17) is 9.47 Å². The van der Waals surface area contributed by atoms with E-state index in [0.717, 1.165) is 24.0 Å². The molecule has 0 fully saturated rings. The first-order chi connectivity index (χ1) is 12.8. The van der Waals surface area contributed by atoms with Crippen molar-refractivity contribution >= 4 is 5.97 Å². The zero-order valence-electron chi connectivity index (χ0n) is 14.9. The summed E-state index contributed by atoms with van der Waals surface area (Å²) in [4.78, 5) is 12.8. The molecule has 0 aliphatic rings. The molecule has 0 spiro atoms. The van der Waals surface area contributed by atoms with Crippen LogP contribution >= 0.6 is 0 Å². The van der Waals surface area contributed by atoms with Gasteiger partial charge in [-0.2, -0.15) is 0 Å². The molecule has 0 radical (unpaired) electrons. The lowest BCUT2D eigenvalue weighted by Crippen LogP contribution is -2.11. The maximum absolute atomic E-state index is 12.8. The molecule has 0 unspecified atom stereocenters. The maximum atomic E-state index is 12.8. The van der Waals surface area contributed by atoms with E-state index in [1.54, 1.807) is 18.2 Å². The third-order valence-electron chi connectivity index (χ3n) is 4.02. The lowest BCUT2D eigenvalue weighted by molar-refractivity contribution is 0.0735. The van der Waals surface area contributed by atoms with Crippen LogP contribution in [0.2, 0.25) is 0 Å². The number of unbranched alkanes of at least 4 members (excludes halogenated alkanes) is 1. The first kappa shape index (κ1) is 17.7. The van der Waals surface area contributed by atoms with Gasteiger partial charge in [-0.25, -0.2) is 4.79 Å². The predicted octanol–water partition coefficient (Wildman–Crippen LogP) is 5.75. The zero-order valence-corrected chi connectivity index (χ0v) is 14.9. The Balaban J connectivity index is 1.98.